The molecule has 1 aromatic heterocycles. The van der Waals surface area contributed by atoms with Crippen LogP contribution in [0.25, 0.3) is 0 Å². The van der Waals surface area contributed by atoms with Crippen molar-refractivity contribution in [1.29, 1.82) is 0 Å². The molecule has 0 aromatic carbocycles. The van der Waals surface area contributed by atoms with Gasteiger partial charge in [0.1, 0.15) is 18.1 Å². The molecular weight excluding hydrogens is 464 g/mol. The van der Waals surface area contributed by atoms with Crippen LogP contribution in [0.3, 0.4) is 0 Å². The Morgan fingerprint density at radius 2 is 1.60 bits per heavy atom. The zero-order valence-corrected chi connectivity index (χ0v) is 19.2. The summed E-state index contributed by atoms with van der Waals surface area (Å²) in [6.45, 7) is -0.490. The number of amides is 4. The van der Waals surface area contributed by atoms with E-state index in [9.17, 15) is 29.1 Å². The predicted octanol–water partition coefficient (Wildman–Crippen LogP) is -3.79. The molecule has 15 nitrogen and oxygen atoms in total. The normalized spacial score (nSPS) is 14.3. The Bertz CT molecular complexity index is 849. The number of rotatable bonds is 17. The van der Waals surface area contributed by atoms with E-state index in [1.807, 2.05) is 0 Å². The number of aromatic nitrogens is 2. The average Bonchev–Trinajstić information content (AvgIpc) is 3.32. The van der Waals surface area contributed by atoms with Gasteiger partial charge >= 0.3 is 5.97 Å². The summed E-state index contributed by atoms with van der Waals surface area (Å²) in [6.07, 6.45) is 3.83. The van der Waals surface area contributed by atoms with Crippen molar-refractivity contribution in [2.75, 3.05) is 13.2 Å². The lowest BCUT2D eigenvalue weighted by Gasteiger charge is -2.25. The van der Waals surface area contributed by atoms with Crippen molar-refractivity contribution in [1.82, 2.24) is 25.9 Å². The minimum atomic E-state index is -1.58. The molecule has 0 radical (unpaired) electrons. The Kier molecular flexibility index (Phi) is 12.9. The maximum absolute atomic E-state index is 13.1. The zero-order chi connectivity index (χ0) is 26.4. The summed E-state index contributed by atoms with van der Waals surface area (Å²) in [7, 11) is 0. The number of primary amides is 1. The van der Waals surface area contributed by atoms with E-state index in [1.165, 1.54) is 12.5 Å². The molecule has 0 bridgehead atoms. The van der Waals surface area contributed by atoms with E-state index in [0.717, 1.165) is 0 Å². The van der Waals surface area contributed by atoms with Gasteiger partial charge in [-0.1, -0.05) is 0 Å². The second-order valence-electron chi connectivity index (χ2n) is 7.88. The average molecular weight is 499 g/mol. The number of carbonyl (C=O) groups is 5. The number of aliphatic hydroxyl groups excluding tert-OH is 1. The van der Waals surface area contributed by atoms with Crippen LogP contribution >= 0.6 is 0 Å². The largest absolute Gasteiger partial charge is 0.480 e. The Labute approximate surface area is 201 Å². The van der Waals surface area contributed by atoms with E-state index in [2.05, 4.69) is 25.9 Å². The number of carbonyl (C=O) groups excluding carboxylic acids is 4. The fraction of sp³-hybridized carbons (Fsp3) is 0.600. The number of nitrogens with one attached hydrogen (secondary N) is 4. The van der Waals surface area contributed by atoms with Crippen LogP contribution in [-0.2, 0) is 30.4 Å². The maximum Gasteiger partial charge on any atom is 0.328 e. The summed E-state index contributed by atoms with van der Waals surface area (Å²) in [5, 5.41) is 25.5. The molecule has 4 atom stereocenters. The fourth-order valence-electron chi connectivity index (χ4n) is 3.02. The zero-order valence-electron chi connectivity index (χ0n) is 19.2. The van der Waals surface area contributed by atoms with Gasteiger partial charge < -0.3 is 48.3 Å². The lowest BCUT2D eigenvalue weighted by molar-refractivity contribution is -0.143. The number of nitrogens with zero attached hydrogens (tertiary/aromatic N) is 1. The number of aliphatic hydroxyl groups is 1. The molecule has 0 aliphatic heterocycles. The smallest absolute Gasteiger partial charge is 0.328 e. The standard InChI is InChI=1S/C20H34N8O7/c21-6-2-1-3-13(26-17(31)12(22)4-5-16(23)30)18(32)27-14(7-11-8-24-10-25-11)19(33)28-15(9-29)20(34)35/h8,10,12-15,29H,1-7,9,21-22H2,(H2,23,30)(H,24,25)(H,26,31)(H,27,32)(H,28,33)(H,34,35). The van der Waals surface area contributed by atoms with Crippen molar-refractivity contribution >= 4 is 29.6 Å². The highest BCUT2D eigenvalue weighted by Crippen LogP contribution is 2.06. The van der Waals surface area contributed by atoms with Crippen LogP contribution in [-0.4, -0.2) is 87.1 Å². The number of aliphatic carboxylic acids is 1. The molecule has 0 saturated heterocycles. The molecule has 1 aromatic rings. The SMILES string of the molecule is NCCCCC(NC(=O)C(N)CCC(N)=O)C(=O)NC(Cc1cnc[nH]1)C(=O)NC(CO)C(=O)O. The summed E-state index contributed by atoms with van der Waals surface area (Å²) in [5.41, 5.74) is 16.8. The molecule has 0 saturated carbocycles. The highest BCUT2D eigenvalue weighted by molar-refractivity contribution is 5.94. The molecular formula is C20H34N8O7. The Morgan fingerprint density at radius 3 is 2.14 bits per heavy atom. The number of H-pyrrole nitrogens is 1. The van der Waals surface area contributed by atoms with Crippen LogP contribution in [0.4, 0.5) is 0 Å². The lowest BCUT2D eigenvalue weighted by Crippen LogP contribution is -2.58. The monoisotopic (exact) mass is 498 g/mol. The van der Waals surface area contributed by atoms with Crippen LogP contribution in [0, 0.1) is 0 Å². The van der Waals surface area contributed by atoms with E-state index < -0.39 is 60.4 Å². The van der Waals surface area contributed by atoms with Crippen LogP contribution in [0.15, 0.2) is 12.5 Å². The first kappa shape index (κ1) is 29.5. The van der Waals surface area contributed by atoms with Crippen molar-refractivity contribution in [2.45, 2.75) is 62.7 Å². The molecule has 12 N–H and O–H groups in total. The van der Waals surface area contributed by atoms with Crippen molar-refractivity contribution in [3.05, 3.63) is 18.2 Å². The molecule has 1 rings (SSSR count). The number of aromatic amines is 1. The molecule has 0 spiro atoms. The minimum absolute atomic E-state index is 0.0130. The van der Waals surface area contributed by atoms with Crippen LogP contribution in [0.1, 0.15) is 37.8 Å². The van der Waals surface area contributed by atoms with Gasteiger partial charge in [-0.05, 0) is 32.2 Å². The highest BCUT2D eigenvalue weighted by atomic mass is 16.4. The first-order chi connectivity index (χ1) is 16.6. The van der Waals surface area contributed by atoms with E-state index in [4.69, 9.17) is 22.3 Å². The molecule has 4 amide bonds. The predicted molar refractivity (Wildman–Crippen MR) is 122 cm³/mol. The topological polar surface area (TPSA) is 269 Å². The number of nitrogens with two attached hydrogens (primary N) is 3. The van der Waals surface area contributed by atoms with Gasteiger partial charge in [0.2, 0.25) is 23.6 Å². The van der Waals surface area contributed by atoms with Crippen LogP contribution < -0.4 is 33.2 Å². The molecule has 1 heterocycles. The van der Waals surface area contributed by atoms with Gasteiger partial charge in [-0.2, -0.15) is 0 Å². The third kappa shape index (κ3) is 10.9. The van der Waals surface area contributed by atoms with Gasteiger partial charge in [-0.25, -0.2) is 9.78 Å². The Balaban J connectivity index is 2.99. The second-order valence-corrected chi connectivity index (χ2v) is 7.88. The third-order valence-corrected chi connectivity index (χ3v) is 5.03. The van der Waals surface area contributed by atoms with Gasteiger partial charge in [-0.15, -0.1) is 0 Å². The number of hydrogen-bond donors (Lipinski definition) is 9. The summed E-state index contributed by atoms with van der Waals surface area (Å²) >= 11 is 0. The summed E-state index contributed by atoms with van der Waals surface area (Å²) in [4.78, 5) is 67.0. The molecule has 4 unspecified atom stereocenters. The molecule has 0 fully saturated rings. The van der Waals surface area contributed by atoms with E-state index in [-0.39, 0.29) is 25.7 Å². The quantitative estimate of drug-likeness (QED) is 0.0945. The Hall–Kier alpha value is -3.56. The summed E-state index contributed by atoms with van der Waals surface area (Å²) < 4.78 is 0. The number of unbranched alkanes of at least 4 members (excludes halogenated alkanes) is 1. The van der Waals surface area contributed by atoms with Gasteiger partial charge in [-0.3, -0.25) is 19.2 Å². The summed E-state index contributed by atoms with van der Waals surface area (Å²) in [5.74, 6) is -4.34. The van der Waals surface area contributed by atoms with Gasteiger partial charge in [0.15, 0.2) is 0 Å². The minimum Gasteiger partial charge on any atom is -0.480 e. The number of carboxylic acid groups (broad SMARTS) is 1. The number of carboxylic acids is 1. The first-order valence-electron chi connectivity index (χ1n) is 11.0. The Morgan fingerprint density at radius 1 is 0.971 bits per heavy atom. The third-order valence-electron chi connectivity index (χ3n) is 5.03. The van der Waals surface area contributed by atoms with Gasteiger partial charge in [0, 0.05) is 24.7 Å². The van der Waals surface area contributed by atoms with E-state index in [1.54, 1.807) is 0 Å². The van der Waals surface area contributed by atoms with E-state index in [0.29, 0.717) is 25.1 Å². The molecule has 196 valence electrons. The van der Waals surface area contributed by atoms with Gasteiger partial charge in [0.05, 0.1) is 19.0 Å². The highest BCUT2D eigenvalue weighted by Gasteiger charge is 2.30. The molecule has 0 aliphatic rings. The van der Waals surface area contributed by atoms with Crippen molar-refractivity contribution in [2.24, 2.45) is 17.2 Å². The lowest BCUT2D eigenvalue weighted by atomic mass is 10.0. The number of imidazole rings is 1. The van der Waals surface area contributed by atoms with Crippen molar-refractivity contribution < 1.29 is 34.2 Å². The van der Waals surface area contributed by atoms with Gasteiger partial charge in [0.25, 0.3) is 0 Å². The first-order valence-corrected chi connectivity index (χ1v) is 11.0. The molecule has 0 aliphatic carbocycles. The maximum atomic E-state index is 13.1. The summed E-state index contributed by atoms with van der Waals surface area (Å²) in [6, 6.07) is -5.00. The van der Waals surface area contributed by atoms with Crippen molar-refractivity contribution in [3.8, 4) is 0 Å². The molecule has 15 heteroatoms. The van der Waals surface area contributed by atoms with Crippen LogP contribution in [0.5, 0.6) is 0 Å². The second kappa shape index (κ2) is 15.4. The van der Waals surface area contributed by atoms with Crippen molar-refractivity contribution in [3.63, 3.8) is 0 Å². The number of hydrogen-bond acceptors (Lipinski definition) is 9. The van der Waals surface area contributed by atoms with Crippen LogP contribution in [0.2, 0.25) is 0 Å². The van der Waals surface area contributed by atoms with E-state index >= 15 is 0 Å². The molecule has 35 heavy (non-hydrogen) atoms. The fourth-order valence-corrected chi connectivity index (χ4v) is 3.02.